The van der Waals surface area contributed by atoms with Gasteiger partial charge in [0.25, 0.3) is 0 Å². The Balaban J connectivity index is 1.47. The summed E-state index contributed by atoms with van der Waals surface area (Å²) >= 11 is 0. The molecule has 6 nitrogen and oxygen atoms in total. The lowest BCUT2D eigenvalue weighted by molar-refractivity contribution is 0.301. The van der Waals surface area contributed by atoms with E-state index in [1.165, 1.54) is 11.1 Å². The van der Waals surface area contributed by atoms with Crippen molar-refractivity contribution >= 4 is 5.96 Å². The van der Waals surface area contributed by atoms with Gasteiger partial charge in [0.2, 0.25) is 0 Å². The molecule has 3 rings (SSSR count). The summed E-state index contributed by atoms with van der Waals surface area (Å²) in [5, 5.41) is 6.72. The maximum absolute atomic E-state index is 5.86. The third kappa shape index (κ3) is 7.03. The summed E-state index contributed by atoms with van der Waals surface area (Å²) < 4.78 is 11.3. The summed E-state index contributed by atoms with van der Waals surface area (Å²) in [6, 6.07) is 20.1. The lowest BCUT2D eigenvalue weighted by atomic mass is 10.1. The van der Waals surface area contributed by atoms with Crippen LogP contribution in [0, 0.1) is 6.92 Å². The maximum atomic E-state index is 5.86. The summed E-state index contributed by atoms with van der Waals surface area (Å²) in [6.07, 6.45) is 2.62. The first kappa shape index (κ1) is 22.2. The molecule has 0 unspecified atom stereocenters. The highest BCUT2D eigenvalue weighted by Gasteiger charge is 2.05. The molecule has 162 valence electrons. The number of aromatic nitrogens is 1. The minimum atomic E-state index is 0.448. The summed E-state index contributed by atoms with van der Waals surface area (Å²) in [7, 11) is 3.48. The fourth-order valence-corrected chi connectivity index (χ4v) is 3.21. The number of nitrogens with zero attached hydrogens (tertiary/aromatic N) is 2. The zero-order valence-electron chi connectivity index (χ0n) is 18.4. The van der Waals surface area contributed by atoms with Crippen molar-refractivity contribution in [1.29, 1.82) is 0 Å². The SMILES string of the molecule is CN=C(NCCc1cc(C)ccc1OC)NCc1cccc(OCc2ccccn2)c1. The molecule has 2 aromatic carbocycles. The number of hydrogen-bond donors (Lipinski definition) is 2. The molecular weight excluding hydrogens is 388 g/mol. The van der Waals surface area contributed by atoms with Gasteiger partial charge in [-0.3, -0.25) is 9.98 Å². The van der Waals surface area contributed by atoms with Crippen LogP contribution in [0.25, 0.3) is 0 Å². The van der Waals surface area contributed by atoms with Gasteiger partial charge in [0.15, 0.2) is 5.96 Å². The number of pyridine rings is 1. The highest BCUT2D eigenvalue weighted by molar-refractivity contribution is 5.79. The summed E-state index contributed by atoms with van der Waals surface area (Å²) in [5.74, 6) is 2.49. The van der Waals surface area contributed by atoms with E-state index in [4.69, 9.17) is 9.47 Å². The molecule has 0 aliphatic heterocycles. The smallest absolute Gasteiger partial charge is 0.191 e. The Bertz CT molecular complexity index is 990. The predicted molar refractivity (Wildman–Crippen MR) is 125 cm³/mol. The number of benzene rings is 2. The van der Waals surface area contributed by atoms with Gasteiger partial charge in [0.05, 0.1) is 12.8 Å². The zero-order valence-corrected chi connectivity index (χ0v) is 18.4. The van der Waals surface area contributed by atoms with Crippen molar-refractivity contribution in [2.24, 2.45) is 4.99 Å². The van der Waals surface area contributed by atoms with Crippen LogP contribution in [0.4, 0.5) is 0 Å². The van der Waals surface area contributed by atoms with Gasteiger partial charge in [-0.15, -0.1) is 0 Å². The molecule has 1 aromatic heterocycles. The molecule has 1 heterocycles. The molecule has 0 bridgehead atoms. The fraction of sp³-hybridized carbons (Fsp3) is 0.280. The molecule has 0 saturated heterocycles. The van der Waals surface area contributed by atoms with Crippen LogP contribution in [0.15, 0.2) is 71.9 Å². The quantitative estimate of drug-likeness (QED) is 0.408. The average Bonchev–Trinajstić information content (AvgIpc) is 2.81. The van der Waals surface area contributed by atoms with E-state index in [9.17, 15) is 0 Å². The number of rotatable bonds is 9. The summed E-state index contributed by atoms with van der Waals surface area (Å²) in [6.45, 7) is 3.94. The Morgan fingerprint density at radius 3 is 2.71 bits per heavy atom. The number of nitrogens with one attached hydrogen (secondary N) is 2. The molecule has 0 aliphatic carbocycles. The first-order valence-corrected chi connectivity index (χ1v) is 10.4. The van der Waals surface area contributed by atoms with Gasteiger partial charge in [-0.25, -0.2) is 0 Å². The van der Waals surface area contributed by atoms with Crippen molar-refractivity contribution in [1.82, 2.24) is 15.6 Å². The summed E-state index contributed by atoms with van der Waals surface area (Å²) in [4.78, 5) is 8.60. The van der Waals surface area contributed by atoms with Crippen LogP contribution < -0.4 is 20.1 Å². The summed E-state index contributed by atoms with van der Waals surface area (Å²) in [5.41, 5.74) is 4.43. The van der Waals surface area contributed by atoms with E-state index in [1.54, 1.807) is 20.4 Å². The van der Waals surface area contributed by atoms with Crippen molar-refractivity contribution in [3.8, 4) is 11.5 Å². The number of hydrogen-bond acceptors (Lipinski definition) is 4. The molecule has 31 heavy (non-hydrogen) atoms. The number of methoxy groups -OCH3 is 1. The van der Waals surface area contributed by atoms with Crippen molar-refractivity contribution in [3.63, 3.8) is 0 Å². The van der Waals surface area contributed by atoms with E-state index in [0.717, 1.165) is 41.7 Å². The van der Waals surface area contributed by atoms with Crippen LogP contribution >= 0.6 is 0 Å². The number of ether oxygens (including phenoxy) is 2. The Kier molecular flexibility index (Phi) is 8.29. The third-order valence-corrected chi connectivity index (χ3v) is 4.82. The average molecular weight is 419 g/mol. The van der Waals surface area contributed by atoms with Crippen LogP contribution in [0.3, 0.4) is 0 Å². The molecule has 0 atom stereocenters. The van der Waals surface area contributed by atoms with Gasteiger partial charge < -0.3 is 20.1 Å². The third-order valence-electron chi connectivity index (χ3n) is 4.82. The molecule has 0 spiro atoms. The van der Waals surface area contributed by atoms with Crippen molar-refractivity contribution in [3.05, 3.63) is 89.2 Å². The second-order valence-electron chi connectivity index (χ2n) is 7.17. The molecule has 0 radical (unpaired) electrons. The molecular formula is C25H30N4O2. The van der Waals surface area contributed by atoms with E-state index in [-0.39, 0.29) is 0 Å². The van der Waals surface area contributed by atoms with Gasteiger partial charge in [0.1, 0.15) is 18.1 Å². The van der Waals surface area contributed by atoms with E-state index in [1.807, 2.05) is 42.5 Å². The first-order valence-electron chi connectivity index (χ1n) is 10.4. The van der Waals surface area contributed by atoms with Gasteiger partial charge in [0, 0.05) is 26.3 Å². The number of aliphatic imine (C=N–C) groups is 1. The normalized spacial score (nSPS) is 11.1. The second kappa shape index (κ2) is 11.6. The van der Waals surface area contributed by atoms with Crippen LogP contribution in [-0.2, 0) is 19.6 Å². The Morgan fingerprint density at radius 2 is 1.94 bits per heavy atom. The molecule has 0 saturated carbocycles. The van der Waals surface area contributed by atoms with Gasteiger partial charge in [-0.05, 0) is 54.8 Å². The standard InChI is InChI=1S/C25H30N4O2/c1-19-10-11-24(30-3)21(15-19)12-14-28-25(26-2)29-17-20-7-6-9-23(16-20)31-18-22-8-4-5-13-27-22/h4-11,13,15-16H,12,14,17-18H2,1-3H3,(H2,26,28,29). The van der Waals surface area contributed by atoms with E-state index >= 15 is 0 Å². The van der Waals surface area contributed by atoms with E-state index in [0.29, 0.717) is 13.2 Å². The Morgan fingerprint density at radius 1 is 1.03 bits per heavy atom. The lowest BCUT2D eigenvalue weighted by Gasteiger charge is -2.14. The Hall–Kier alpha value is -3.54. The predicted octanol–water partition coefficient (Wildman–Crippen LogP) is 3.89. The molecule has 0 amide bonds. The van der Waals surface area contributed by atoms with E-state index in [2.05, 4.69) is 45.7 Å². The van der Waals surface area contributed by atoms with Gasteiger partial charge >= 0.3 is 0 Å². The minimum absolute atomic E-state index is 0.448. The molecule has 3 aromatic rings. The maximum Gasteiger partial charge on any atom is 0.191 e. The van der Waals surface area contributed by atoms with Crippen molar-refractivity contribution in [2.75, 3.05) is 20.7 Å². The largest absolute Gasteiger partial charge is 0.496 e. The van der Waals surface area contributed by atoms with Crippen molar-refractivity contribution < 1.29 is 9.47 Å². The lowest BCUT2D eigenvalue weighted by Crippen LogP contribution is -2.37. The van der Waals surface area contributed by atoms with Crippen LogP contribution in [0.5, 0.6) is 11.5 Å². The molecule has 0 aliphatic rings. The van der Waals surface area contributed by atoms with Crippen LogP contribution in [0.1, 0.15) is 22.4 Å². The van der Waals surface area contributed by atoms with Crippen molar-refractivity contribution in [2.45, 2.75) is 26.5 Å². The highest BCUT2D eigenvalue weighted by atomic mass is 16.5. The van der Waals surface area contributed by atoms with E-state index < -0.39 is 0 Å². The monoisotopic (exact) mass is 418 g/mol. The van der Waals surface area contributed by atoms with Gasteiger partial charge in [-0.1, -0.05) is 35.9 Å². The minimum Gasteiger partial charge on any atom is -0.496 e. The first-order chi connectivity index (χ1) is 15.2. The topological polar surface area (TPSA) is 67.8 Å². The number of aryl methyl sites for hydroxylation is 1. The van der Waals surface area contributed by atoms with Crippen LogP contribution in [0.2, 0.25) is 0 Å². The molecule has 2 N–H and O–H groups in total. The Labute approximate surface area is 184 Å². The highest BCUT2D eigenvalue weighted by Crippen LogP contribution is 2.19. The number of guanidine groups is 1. The van der Waals surface area contributed by atoms with Gasteiger partial charge in [-0.2, -0.15) is 0 Å². The zero-order chi connectivity index (χ0) is 21.9. The molecule has 6 heteroatoms. The second-order valence-corrected chi connectivity index (χ2v) is 7.17. The fourth-order valence-electron chi connectivity index (χ4n) is 3.21. The molecule has 0 fully saturated rings. The van der Waals surface area contributed by atoms with Crippen LogP contribution in [-0.4, -0.2) is 31.6 Å².